The van der Waals surface area contributed by atoms with Crippen molar-refractivity contribution in [3.05, 3.63) is 30.1 Å². The first-order valence-corrected chi connectivity index (χ1v) is 8.43. The second kappa shape index (κ2) is 7.38. The molecule has 4 nitrogen and oxygen atoms in total. The number of nitrogens with zero attached hydrogens (tertiary/aromatic N) is 3. The molecule has 2 heterocycles. The number of aryl methyl sites for hydroxylation is 1. The molecule has 0 aromatic carbocycles. The minimum atomic E-state index is -0.697. The number of rotatable bonds is 6. The Balaban J connectivity index is 1.48. The lowest BCUT2D eigenvalue weighted by atomic mass is 9.94. The Morgan fingerprint density at radius 2 is 2.27 bits per heavy atom. The lowest BCUT2D eigenvalue weighted by Crippen LogP contribution is -2.39. The van der Waals surface area contributed by atoms with Crippen LogP contribution in [-0.2, 0) is 13.6 Å². The summed E-state index contributed by atoms with van der Waals surface area (Å²) in [5.74, 6) is 0.748. The number of aromatic nitrogens is 2. The maximum absolute atomic E-state index is 13.8. The van der Waals surface area contributed by atoms with Crippen molar-refractivity contribution in [3.63, 3.8) is 0 Å². The number of hydrogen-bond donors (Lipinski definition) is 1. The summed E-state index contributed by atoms with van der Waals surface area (Å²) in [6.45, 7) is 3.27. The highest BCUT2D eigenvalue weighted by atomic mass is 19.1. The van der Waals surface area contributed by atoms with E-state index >= 15 is 0 Å². The highest BCUT2D eigenvalue weighted by Crippen LogP contribution is 2.22. The number of likely N-dealkylation sites (tertiary alicyclic amines) is 1. The minimum absolute atomic E-state index is 0.295. The molecule has 0 amide bonds. The summed E-state index contributed by atoms with van der Waals surface area (Å²) in [7, 11) is 1.95. The second-order valence-corrected chi connectivity index (χ2v) is 6.67. The summed E-state index contributed by atoms with van der Waals surface area (Å²) in [6, 6.07) is 2.31. The van der Waals surface area contributed by atoms with Crippen LogP contribution in [0.25, 0.3) is 0 Å². The molecule has 1 fully saturated rings. The van der Waals surface area contributed by atoms with Crippen LogP contribution in [0, 0.1) is 5.92 Å². The molecule has 1 aromatic rings. The van der Waals surface area contributed by atoms with Crippen molar-refractivity contribution >= 4 is 0 Å². The van der Waals surface area contributed by atoms with Crippen LogP contribution in [0.3, 0.4) is 0 Å². The topological polar surface area (TPSA) is 33.1 Å². The Morgan fingerprint density at radius 1 is 1.36 bits per heavy atom. The third-order valence-corrected chi connectivity index (χ3v) is 4.96. The fourth-order valence-corrected chi connectivity index (χ4v) is 3.59. The quantitative estimate of drug-likeness (QED) is 0.819. The zero-order valence-electron chi connectivity index (χ0n) is 13.4. The van der Waals surface area contributed by atoms with Crippen molar-refractivity contribution in [1.82, 2.24) is 20.0 Å². The first kappa shape index (κ1) is 15.7. The SMILES string of the molecule is Cn1nccc1CN1C[C@@H](F)C[C@H]1CNCC1CC=CCC1. The van der Waals surface area contributed by atoms with E-state index in [9.17, 15) is 4.39 Å². The molecule has 3 atom stereocenters. The predicted octanol–water partition coefficient (Wildman–Crippen LogP) is 2.28. The van der Waals surface area contributed by atoms with Crippen LogP contribution in [0.2, 0.25) is 0 Å². The van der Waals surface area contributed by atoms with Crippen LogP contribution in [0.1, 0.15) is 31.4 Å². The van der Waals surface area contributed by atoms with Gasteiger partial charge in [-0.15, -0.1) is 0 Å². The summed E-state index contributed by atoms with van der Waals surface area (Å²) in [5, 5.41) is 7.78. The van der Waals surface area contributed by atoms with Crippen LogP contribution in [0.15, 0.2) is 24.4 Å². The molecule has 1 aliphatic carbocycles. The molecule has 0 saturated carbocycles. The summed E-state index contributed by atoms with van der Waals surface area (Å²) >= 11 is 0. The van der Waals surface area contributed by atoms with Gasteiger partial charge in [-0.1, -0.05) is 12.2 Å². The van der Waals surface area contributed by atoms with Crippen LogP contribution < -0.4 is 5.32 Å². The van der Waals surface area contributed by atoms with Crippen molar-refractivity contribution in [1.29, 1.82) is 0 Å². The molecule has 1 saturated heterocycles. The van der Waals surface area contributed by atoms with Crippen molar-refractivity contribution in [2.75, 3.05) is 19.6 Å². The van der Waals surface area contributed by atoms with Gasteiger partial charge in [0.05, 0.1) is 5.69 Å². The van der Waals surface area contributed by atoms with E-state index in [0.717, 1.165) is 31.2 Å². The molecular weight excluding hydrogens is 279 g/mol. The Morgan fingerprint density at radius 3 is 3.00 bits per heavy atom. The van der Waals surface area contributed by atoms with Gasteiger partial charge in [-0.3, -0.25) is 9.58 Å². The molecule has 1 unspecified atom stereocenters. The van der Waals surface area contributed by atoms with Gasteiger partial charge in [0, 0.05) is 38.9 Å². The second-order valence-electron chi connectivity index (χ2n) is 6.67. The molecule has 1 N–H and O–H groups in total. The van der Waals surface area contributed by atoms with Crippen molar-refractivity contribution in [2.45, 2.75) is 44.4 Å². The molecule has 0 spiro atoms. The molecule has 0 bridgehead atoms. The van der Waals surface area contributed by atoms with Gasteiger partial charge in [0.15, 0.2) is 0 Å². The zero-order valence-corrected chi connectivity index (χ0v) is 13.4. The van der Waals surface area contributed by atoms with Gasteiger partial charge < -0.3 is 5.32 Å². The normalized spacial score (nSPS) is 29.3. The maximum Gasteiger partial charge on any atom is 0.114 e. The summed E-state index contributed by atoms with van der Waals surface area (Å²) in [6.07, 6.45) is 9.99. The Hall–Kier alpha value is -1.20. The minimum Gasteiger partial charge on any atom is -0.315 e. The number of nitrogens with one attached hydrogen (secondary N) is 1. The highest BCUT2D eigenvalue weighted by Gasteiger charge is 2.32. The lowest BCUT2D eigenvalue weighted by Gasteiger charge is -2.25. The Kier molecular flexibility index (Phi) is 5.26. The van der Waals surface area contributed by atoms with E-state index in [1.807, 2.05) is 24.0 Å². The maximum atomic E-state index is 13.8. The van der Waals surface area contributed by atoms with E-state index in [-0.39, 0.29) is 0 Å². The van der Waals surface area contributed by atoms with Gasteiger partial charge in [0.25, 0.3) is 0 Å². The summed E-state index contributed by atoms with van der Waals surface area (Å²) in [5.41, 5.74) is 1.15. The summed E-state index contributed by atoms with van der Waals surface area (Å²) < 4.78 is 15.7. The monoisotopic (exact) mass is 306 g/mol. The van der Waals surface area contributed by atoms with E-state index in [1.165, 1.54) is 19.3 Å². The smallest absolute Gasteiger partial charge is 0.114 e. The number of allylic oxidation sites excluding steroid dienone is 2. The van der Waals surface area contributed by atoms with Gasteiger partial charge in [0.1, 0.15) is 6.17 Å². The fraction of sp³-hybridized carbons (Fsp3) is 0.706. The molecule has 1 aliphatic heterocycles. The van der Waals surface area contributed by atoms with Gasteiger partial charge in [-0.25, -0.2) is 4.39 Å². The lowest BCUT2D eigenvalue weighted by molar-refractivity contribution is 0.222. The molecule has 0 radical (unpaired) electrons. The fourth-order valence-electron chi connectivity index (χ4n) is 3.59. The Bertz CT molecular complexity index is 499. The molecule has 22 heavy (non-hydrogen) atoms. The van der Waals surface area contributed by atoms with Crippen LogP contribution >= 0.6 is 0 Å². The van der Waals surface area contributed by atoms with Gasteiger partial charge >= 0.3 is 0 Å². The Labute approximate surface area is 132 Å². The van der Waals surface area contributed by atoms with Crippen LogP contribution in [0.4, 0.5) is 4.39 Å². The van der Waals surface area contributed by atoms with Crippen molar-refractivity contribution in [3.8, 4) is 0 Å². The molecule has 5 heteroatoms. The average molecular weight is 306 g/mol. The largest absolute Gasteiger partial charge is 0.315 e. The highest BCUT2D eigenvalue weighted by molar-refractivity contribution is 5.02. The van der Waals surface area contributed by atoms with Gasteiger partial charge in [-0.2, -0.15) is 5.10 Å². The van der Waals surface area contributed by atoms with Crippen LogP contribution in [-0.4, -0.2) is 46.5 Å². The number of halogens is 1. The standard InChI is InChI=1S/C17H27FN4/c1-21-16(7-8-20-21)13-22-12-15(18)9-17(22)11-19-10-14-5-3-2-4-6-14/h2-3,7-8,14-15,17,19H,4-6,9-13H2,1H3/t14?,15-,17-/m0/s1. The van der Waals surface area contributed by atoms with E-state index in [4.69, 9.17) is 0 Å². The number of hydrogen-bond acceptors (Lipinski definition) is 3. The number of alkyl halides is 1. The first-order chi connectivity index (χ1) is 10.7. The summed E-state index contributed by atoms with van der Waals surface area (Å²) in [4.78, 5) is 2.26. The van der Waals surface area contributed by atoms with E-state index in [2.05, 4.69) is 27.5 Å². The zero-order chi connectivity index (χ0) is 15.4. The van der Waals surface area contributed by atoms with Crippen molar-refractivity contribution in [2.24, 2.45) is 13.0 Å². The van der Waals surface area contributed by atoms with E-state index in [0.29, 0.717) is 19.0 Å². The van der Waals surface area contributed by atoms with Crippen LogP contribution in [0.5, 0.6) is 0 Å². The predicted molar refractivity (Wildman–Crippen MR) is 86.3 cm³/mol. The molecule has 3 rings (SSSR count). The molecule has 1 aromatic heterocycles. The van der Waals surface area contributed by atoms with Gasteiger partial charge in [-0.05, 0) is 44.2 Å². The third-order valence-electron chi connectivity index (χ3n) is 4.96. The molecule has 122 valence electrons. The first-order valence-electron chi connectivity index (χ1n) is 8.43. The van der Waals surface area contributed by atoms with Gasteiger partial charge in [0.2, 0.25) is 0 Å². The third kappa shape index (κ3) is 3.96. The van der Waals surface area contributed by atoms with E-state index < -0.39 is 6.17 Å². The van der Waals surface area contributed by atoms with Crippen molar-refractivity contribution < 1.29 is 4.39 Å². The van der Waals surface area contributed by atoms with E-state index in [1.54, 1.807) is 0 Å². The average Bonchev–Trinajstić information content (AvgIpc) is 3.07. The molecule has 2 aliphatic rings. The molecular formula is C17H27FN4.